The number of anilines is 1. The number of hydrogen-bond donors (Lipinski definition) is 2. The fraction of sp³-hybridized carbons (Fsp3) is 0.423. The number of likely N-dealkylation sites (tertiary alicyclic amines) is 1. The van der Waals surface area contributed by atoms with Gasteiger partial charge in [0.25, 0.3) is 0 Å². The van der Waals surface area contributed by atoms with Crippen molar-refractivity contribution in [3.63, 3.8) is 0 Å². The van der Waals surface area contributed by atoms with Gasteiger partial charge in [0.2, 0.25) is 0 Å². The molecule has 33 heavy (non-hydrogen) atoms. The number of aliphatic imine (C=N–C) groups is 1. The smallest absolute Gasteiger partial charge is 0.191 e. The van der Waals surface area contributed by atoms with Gasteiger partial charge in [0.1, 0.15) is 5.82 Å². The number of rotatable bonds is 7. The van der Waals surface area contributed by atoms with Crippen LogP contribution in [0.2, 0.25) is 0 Å². The molecular weight excluding hydrogens is 528 g/mol. The van der Waals surface area contributed by atoms with Crippen LogP contribution in [0, 0.1) is 5.82 Å². The molecule has 0 bridgehead atoms. The van der Waals surface area contributed by atoms with E-state index in [1.54, 1.807) is 12.1 Å². The van der Waals surface area contributed by atoms with Crippen molar-refractivity contribution < 1.29 is 4.39 Å². The summed E-state index contributed by atoms with van der Waals surface area (Å²) in [6.07, 6.45) is 6.56. The molecule has 0 aliphatic carbocycles. The molecule has 1 fully saturated rings. The highest BCUT2D eigenvalue weighted by atomic mass is 127. The Morgan fingerprint density at radius 3 is 2.24 bits per heavy atom. The molecule has 7 heteroatoms. The first-order valence-corrected chi connectivity index (χ1v) is 11.7. The lowest BCUT2D eigenvalue weighted by Crippen LogP contribution is -2.48. The Hall–Kier alpha value is -2.13. The second-order valence-electron chi connectivity index (χ2n) is 8.56. The molecule has 2 N–H and O–H groups in total. The minimum absolute atomic E-state index is 0. The molecule has 178 valence electrons. The number of nitrogens with zero attached hydrogens (tertiary/aromatic N) is 3. The Kier molecular flexibility index (Phi) is 9.99. The van der Waals surface area contributed by atoms with E-state index in [4.69, 9.17) is 4.99 Å². The zero-order valence-electron chi connectivity index (χ0n) is 19.3. The van der Waals surface area contributed by atoms with E-state index < -0.39 is 0 Å². The number of benzene rings is 2. The van der Waals surface area contributed by atoms with Crippen LogP contribution in [0.3, 0.4) is 0 Å². The van der Waals surface area contributed by atoms with Gasteiger partial charge in [0.15, 0.2) is 5.96 Å². The summed E-state index contributed by atoms with van der Waals surface area (Å²) in [7, 11) is 0. The van der Waals surface area contributed by atoms with Gasteiger partial charge in [-0.15, -0.1) is 24.0 Å². The van der Waals surface area contributed by atoms with Gasteiger partial charge in [-0.25, -0.2) is 9.38 Å². The minimum Gasteiger partial charge on any atom is -0.364 e. The second kappa shape index (κ2) is 12.9. The fourth-order valence-electron chi connectivity index (χ4n) is 4.27. The van der Waals surface area contributed by atoms with Crippen LogP contribution in [0.4, 0.5) is 10.1 Å². The third-order valence-electron chi connectivity index (χ3n) is 6.13. The molecule has 2 aliphatic heterocycles. The van der Waals surface area contributed by atoms with Crippen LogP contribution < -0.4 is 15.5 Å². The highest BCUT2D eigenvalue weighted by Gasteiger charge is 2.20. The lowest BCUT2D eigenvalue weighted by molar-refractivity contribution is 0.198. The van der Waals surface area contributed by atoms with Crippen molar-refractivity contribution in [3.8, 4) is 0 Å². The Balaban J connectivity index is 0.00000306. The number of piperidine rings is 1. The summed E-state index contributed by atoms with van der Waals surface area (Å²) in [5, 5.41) is 7.01. The quantitative estimate of drug-likeness (QED) is 0.225. The second-order valence-corrected chi connectivity index (χ2v) is 8.56. The molecule has 0 spiro atoms. The van der Waals surface area contributed by atoms with E-state index in [0.29, 0.717) is 12.6 Å². The molecule has 2 aromatic rings. The molecule has 2 heterocycles. The van der Waals surface area contributed by atoms with Gasteiger partial charge < -0.3 is 15.5 Å². The SMILES string of the molecule is CCNC(=NCc1ccc(N2CC=CC2)cc1)NC1CCN(Cc2ccc(F)cc2)CC1.I. The van der Waals surface area contributed by atoms with Crippen molar-refractivity contribution in [1.29, 1.82) is 0 Å². The highest BCUT2D eigenvalue weighted by molar-refractivity contribution is 14.0. The zero-order chi connectivity index (χ0) is 22.2. The zero-order valence-corrected chi connectivity index (χ0v) is 21.7. The first-order chi connectivity index (χ1) is 15.7. The van der Waals surface area contributed by atoms with Crippen LogP contribution in [0.15, 0.2) is 65.7 Å². The fourth-order valence-corrected chi connectivity index (χ4v) is 4.27. The van der Waals surface area contributed by atoms with E-state index in [1.807, 2.05) is 12.1 Å². The van der Waals surface area contributed by atoms with Crippen LogP contribution in [0.1, 0.15) is 30.9 Å². The van der Waals surface area contributed by atoms with E-state index in [0.717, 1.165) is 58.1 Å². The standard InChI is InChI=1S/C26H34FN5.HI/c1-2-28-26(29-19-21-7-11-25(12-8-21)32-15-3-4-16-32)30-24-13-17-31(18-14-24)20-22-5-9-23(27)10-6-22;/h3-12,24H,2,13-20H2,1H3,(H2,28,29,30);1H. The maximum atomic E-state index is 13.1. The van der Waals surface area contributed by atoms with Crippen molar-refractivity contribution in [1.82, 2.24) is 15.5 Å². The molecule has 0 atom stereocenters. The number of nitrogens with one attached hydrogen (secondary N) is 2. The van der Waals surface area contributed by atoms with Crippen LogP contribution in [-0.2, 0) is 13.1 Å². The van der Waals surface area contributed by atoms with Gasteiger partial charge in [-0.2, -0.15) is 0 Å². The average molecular weight is 564 g/mol. The van der Waals surface area contributed by atoms with E-state index in [9.17, 15) is 4.39 Å². The Bertz CT molecular complexity index is 897. The van der Waals surface area contributed by atoms with Gasteiger partial charge in [-0.3, -0.25) is 4.90 Å². The highest BCUT2D eigenvalue weighted by Crippen LogP contribution is 2.18. The summed E-state index contributed by atoms with van der Waals surface area (Å²) < 4.78 is 13.1. The Labute approximate surface area is 214 Å². The maximum Gasteiger partial charge on any atom is 0.191 e. The molecule has 1 saturated heterocycles. The monoisotopic (exact) mass is 563 g/mol. The third kappa shape index (κ3) is 7.71. The van der Waals surface area contributed by atoms with Gasteiger partial charge in [0, 0.05) is 51.0 Å². The predicted octanol–water partition coefficient (Wildman–Crippen LogP) is 4.54. The maximum absolute atomic E-state index is 13.1. The van der Waals surface area contributed by atoms with E-state index in [1.165, 1.54) is 16.8 Å². The first kappa shape index (κ1) is 25.5. The van der Waals surface area contributed by atoms with Crippen molar-refractivity contribution in [2.75, 3.05) is 37.6 Å². The molecule has 0 amide bonds. The predicted molar refractivity (Wildman–Crippen MR) is 146 cm³/mol. The molecule has 0 saturated carbocycles. The number of halogens is 2. The van der Waals surface area contributed by atoms with Crippen LogP contribution in [0.5, 0.6) is 0 Å². The minimum atomic E-state index is -0.174. The Morgan fingerprint density at radius 2 is 1.61 bits per heavy atom. The van der Waals surface area contributed by atoms with Crippen molar-refractivity contribution in [2.45, 2.75) is 38.9 Å². The Morgan fingerprint density at radius 1 is 0.970 bits per heavy atom. The van der Waals surface area contributed by atoms with Crippen molar-refractivity contribution in [2.24, 2.45) is 4.99 Å². The van der Waals surface area contributed by atoms with Gasteiger partial charge in [0.05, 0.1) is 6.54 Å². The lowest BCUT2D eigenvalue weighted by Gasteiger charge is -2.33. The topological polar surface area (TPSA) is 42.9 Å². The summed E-state index contributed by atoms with van der Waals surface area (Å²) in [6, 6.07) is 16.0. The molecular formula is C26H35FIN5. The molecule has 0 unspecified atom stereocenters. The van der Waals surface area contributed by atoms with Gasteiger partial charge >= 0.3 is 0 Å². The molecule has 5 nitrogen and oxygen atoms in total. The van der Waals surface area contributed by atoms with Gasteiger partial charge in [-0.05, 0) is 55.2 Å². The number of guanidine groups is 1. The molecule has 4 rings (SSSR count). The van der Waals surface area contributed by atoms with E-state index in [-0.39, 0.29) is 29.8 Å². The van der Waals surface area contributed by atoms with E-state index in [2.05, 4.69) is 63.8 Å². The molecule has 2 aromatic carbocycles. The lowest BCUT2D eigenvalue weighted by atomic mass is 10.0. The molecule has 2 aliphatic rings. The van der Waals surface area contributed by atoms with Crippen LogP contribution >= 0.6 is 24.0 Å². The largest absolute Gasteiger partial charge is 0.364 e. The first-order valence-electron chi connectivity index (χ1n) is 11.7. The van der Waals surface area contributed by atoms with Gasteiger partial charge in [-0.1, -0.05) is 36.4 Å². The average Bonchev–Trinajstić information content (AvgIpc) is 3.36. The summed E-state index contributed by atoms with van der Waals surface area (Å²) >= 11 is 0. The molecule has 0 aromatic heterocycles. The van der Waals surface area contributed by atoms with Crippen molar-refractivity contribution >= 4 is 35.6 Å². The molecule has 0 radical (unpaired) electrons. The third-order valence-corrected chi connectivity index (χ3v) is 6.13. The van der Waals surface area contributed by atoms with Crippen LogP contribution in [0.25, 0.3) is 0 Å². The number of hydrogen-bond acceptors (Lipinski definition) is 3. The van der Waals surface area contributed by atoms with Crippen LogP contribution in [-0.4, -0.2) is 49.6 Å². The van der Waals surface area contributed by atoms with Crippen molar-refractivity contribution in [3.05, 3.63) is 77.6 Å². The summed E-state index contributed by atoms with van der Waals surface area (Å²) in [5.74, 6) is 0.712. The van der Waals surface area contributed by atoms with E-state index >= 15 is 0 Å². The summed E-state index contributed by atoms with van der Waals surface area (Å²) in [4.78, 5) is 9.61. The normalized spacial score (nSPS) is 17.2. The summed E-state index contributed by atoms with van der Waals surface area (Å²) in [6.45, 7) is 8.53. The summed E-state index contributed by atoms with van der Waals surface area (Å²) in [5.41, 5.74) is 3.65.